The number of rotatable bonds is 5. The van der Waals surface area contributed by atoms with Crippen molar-refractivity contribution in [3.63, 3.8) is 0 Å². The van der Waals surface area contributed by atoms with E-state index in [1.54, 1.807) is 6.07 Å². The Kier molecular flexibility index (Phi) is 5.43. The highest BCUT2D eigenvalue weighted by atomic mass is 16.5. The van der Waals surface area contributed by atoms with E-state index in [1.165, 1.54) is 17.8 Å². The molecule has 1 aromatic heterocycles. The number of carbonyl (C=O) groups excluding carboxylic acids is 1. The molecule has 5 nitrogen and oxygen atoms in total. The number of hydrogen-bond acceptors (Lipinski definition) is 3. The van der Waals surface area contributed by atoms with Gasteiger partial charge in [-0.05, 0) is 30.4 Å². The predicted molar refractivity (Wildman–Crippen MR) is 91.8 cm³/mol. The molecule has 0 saturated carbocycles. The Labute approximate surface area is 141 Å². The highest BCUT2D eigenvalue weighted by Crippen LogP contribution is 2.19. The summed E-state index contributed by atoms with van der Waals surface area (Å²) < 4.78 is 5.81. The van der Waals surface area contributed by atoms with Crippen LogP contribution in [0.25, 0.3) is 0 Å². The van der Waals surface area contributed by atoms with Crippen molar-refractivity contribution in [1.29, 1.82) is 0 Å². The van der Waals surface area contributed by atoms with Crippen LogP contribution in [-0.2, 0) is 11.3 Å². The fourth-order valence-corrected chi connectivity index (χ4v) is 2.95. The van der Waals surface area contributed by atoms with E-state index < -0.39 is 0 Å². The lowest BCUT2D eigenvalue weighted by atomic mass is 9.97. The van der Waals surface area contributed by atoms with E-state index >= 15 is 0 Å². The van der Waals surface area contributed by atoms with Crippen LogP contribution in [0, 0.1) is 5.92 Å². The van der Waals surface area contributed by atoms with Gasteiger partial charge in [-0.25, -0.2) is 0 Å². The smallest absolute Gasteiger partial charge is 0.255 e. The van der Waals surface area contributed by atoms with E-state index in [0.29, 0.717) is 18.1 Å². The molecule has 1 saturated heterocycles. The molecular formula is C19H22N2O3. The van der Waals surface area contributed by atoms with E-state index in [9.17, 15) is 9.59 Å². The second-order valence-corrected chi connectivity index (χ2v) is 6.18. The van der Waals surface area contributed by atoms with Gasteiger partial charge in [0.15, 0.2) is 0 Å². The molecule has 0 radical (unpaired) electrons. The van der Waals surface area contributed by atoms with Gasteiger partial charge in [-0.2, -0.15) is 0 Å². The van der Waals surface area contributed by atoms with Gasteiger partial charge >= 0.3 is 0 Å². The summed E-state index contributed by atoms with van der Waals surface area (Å²) in [5, 5.41) is 0. The molecule has 24 heavy (non-hydrogen) atoms. The van der Waals surface area contributed by atoms with Crippen molar-refractivity contribution in [3.05, 3.63) is 70.1 Å². The molecule has 1 amide bonds. The third-order valence-corrected chi connectivity index (χ3v) is 4.40. The molecule has 0 spiro atoms. The number of carbonyl (C=O) groups is 1. The first-order valence-electron chi connectivity index (χ1n) is 8.32. The third kappa shape index (κ3) is 4.32. The quantitative estimate of drug-likeness (QED) is 0.918. The summed E-state index contributed by atoms with van der Waals surface area (Å²) in [4.78, 5) is 27.9. The molecule has 2 aromatic rings. The summed E-state index contributed by atoms with van der Waals surface area (Å²) in [5.41, 5.74) is 1.53. The van der Waals surface area contributed by atoms with Crippen molar-refractivity contribution in [3.8, 4) is 0 Å². The molecule has 2 heterocycles. The first-order valence-corrected chi connectivity index (χ1v) is 8.32. The number of nitrogens with one attached hydrogen (secondary N) is 1. The first-order chi connectivity index (χ1) is 11.7. The molecule has 0 aliphatic carbocycles. The minimum absolute atomic E-state index is 0.0186. The van der Waals surface area contributed by atoms with Crippen LogP contribution in [0.5, 0.6) is 0 Å². The first kappa shape index (κ1) is 16.5. The lowest BCUT2D eigenvalue weighted by Crippen LogP contribution is -2.39. The Hall–Kier alpha value is -2.40. The molecule has 3 rings (SSSR count). The summed E-state index contributed by atoms with van der Waals surface area (Å²) in [6, 6.07) is 13.1. The van der Waals surface area contributed by atoms with E-state index in [0.717, 1.165) is 32.5 Å². The van der Waals surface area contributed by atoms with E-state index in [-0.39, 0.29) is 11.5 Å². The highest BCUT2D eigenvalue weighted by molar-refractivity contribution is 5.93. The normalized spacial score (nSPS) is 15.4. The van der Waals surface area contributed by atoms with Crippen molar-refractivity contribution in [2.24, 2.45) is 5.92 Å². The third-order valence-electron chi connectivity index (χ3n) is 4.40. The Balaban J connectivity index is 1.43. The summed E-state index contributed by atoms with van der Waals surface area (Å²) in [6.45, 7) is 2.83. The molecule has 0 bridgehead atoms. The number of nitrogens with zero attached hydrogens (tertiary/aromatic N) is 1. The number of amides is 1. The lowest BCUT2D eigenvalue weighted by Gasteiger charge is -2.31. The maximum absolute atomic E-state index is 12.4. The average Bonchev–Trinajstić information content (AvgIpc) is 2.63. The number of H-pyrrole nitrogens is 1. The molecule has 1 N–H and O–H groups in total. The average molecular weight is 326 g/mol. The molecule has 126 valence electrons. The largest absolute Gasteiger partial charge is 0.376 e. The van der Waals surface area contributed by atoms with Crippen LogP contribution >= 0.6 is 0 Å². The van der Waals surface area contributed by atoms with E-state index in [2.05, 4.69) is 17.1 Å². The zero-order chi connectivity index (χ0) is 16.8. The van der Waals surface area contributed by atoms with Gasteiger partial charge in [0, 0.05) is 32.0 Å². The second kappa shape index (κ2) is 7.93. The van der Waals surface area contributed by atoms with E-state index in [4.69, 9.17) is 4.74 Å². The van der Waals surface area contributed by atoms with Gasteiger partial charge in [-0.1, -0.05) is 30.3 Å². The number of likely N-dealkylation sites (tertiary alicyclic amines) is 1. The summed E-state index contributed by atoms with van der Waals surface area (Å²) in [7, 11) is 0. The number of pyridine rings is 1. The van der Waals surface area contributed by atoms with Crippen molar-refractivity contribution in [1.82, 2.24) is 9.88 Å². The van der Waals surface area contributed by atoms with Crippen LogP contribution in [0.1, 0.15) is 28.8 Å². The number of hydrogen-bond donors (Lipinski definition) is 1. The van der Waals surface area contributed by atoms with Crippen LogP contribution in [0.2, 0.25) is 0 Å². The number of aromatic amines is 1. The van der Waals surface area contributed by atoms with Crippen LogP contribution in [-0.4, -0.2) is 35.5 Å². The van der Waals surface area contributed by atoms with Gasteiger partial charge in [0.2, 0.25) is 5.56 Å². The van der Waals surface area contributed by atoms with Crippen molar-refractivity contribution in [2.45, 2.75) is 19.4 Å². The Bertz CT molecular complexity index is 698. The van der Waals surface area contributed by atoms with Gasteiger partial charge in [0.05, 0.1) is 12.2 Å². The number of aromatic nitrogens is 1. The number of ether oxygens (including phenoxy) is 1. The van der Waals surface area contributed by atoms with Gasteiger partial charge in [0.25, 0.3) is 5.91 Å². The summed E-state index contributed by atoms with van der Waals surface area (Å²) in [6.07, 6.45) is 3.38. The zero-order valence-corrected chi connectivity index (χ0v) is 13.6. The SMILES string of the molecule is O=C(c1ccc(=O)[nH]c1)N1CCC(COCc2ccccc2)CC1. The molecular weight excluding hydrogens is 304 g/mol. The maximum Gasteiger partial charge on any atom is 0.255 e. The summed E-state index contributed by atoms with van der Waals surface area (Å²) >= 11 is 0. The van der Waals surface area contributed by atoms with Crippen LogP contribution in [0.4, 0.5) is 0 Å². The molecule has 1 fully saturated rings. The van der Waals surface area contributed by atoms with Gasteiger partial charge in [-0.3, -0.25) is 9.59 Å². The Morgan fingerprint density at radius 1 is 1.12 bits per heavy atom. The minimum atomic E-state index is -0.194. The topological polar surface area (TPSA) is 62.4 Å². The Morgan fingerprint density at radius 3 is 2.54 bits per heavy atom. The number of benzene rings is 1. The predicted octanol–water partition coefficient (Wildman–Crippen LogP) is 2.44. The van der Waals surface area contributed by atoms with Gasteiger partial charge in [-0.15, -0.1) is 0 Å². The van der Waals surface area contributed by atoms with Crippen molar-refractivity contribution < 1.29 is 9.53 Å². The molecule has 1 aromatic carbocycles. The van der Waals surface area contributed by atoms with Crippen LogP contribution < -0.4 is 5.56 Å². The van der Waals surface area contributed by atoms with Crippen LogP contribution in [0.3, 0.4) is 0 Å². The van der Waals surface area contributed by atoms with E-state index in [1.807, 2.05) is 23.1 Å². The van der Waals surface area contributed by atoms with Gasteiger partial charge in [0.1, 0.15) is 0 Å². The monoisotopic (exact) mass is 326 g/mol. The molecule has 1 aliphatic heterocycles. The molecule has 1 aliphatic rings. The minimum Gasteiger partial charge on any atom is -0.376 e. The van der Waals surface area contributed by atoms with Crippen molar-refractivity contribution in [2.75, 3.05) is 19.7 Å². The highest BCUT2D eigenvalue weighted by Gasteiger charge is 2.23. The lowest BCUT2D eigenvalue weighted by molar-refractivity contribution is 0.0478. The van der Waals surface area contributed by atoms with Crippen molar-refractivity contribution >= 4 is 5.91 Å². The number of piperidine rings is 1. The molecule has 0 unspecified atom stereocenters. The second-order valence-electron chi connectivity index (χ2n) is 6.18. The maximum atomic E-state index is 12.4. The molecule has 0 atom stereocenters. The summed E-state index contributed by atoms with van der Waals surface area (Å²) in [5.74, 6) is 0.475. The standard InChI is InChI=1S/C19H22N2O3/c22-18-7-6-17(12-20-18)19(23)21-10-8-16(9-11-21)14-24-13-15-4-2-1-3-5-15/h1-7,12,16H,8-11,13-14H2,(H,20,22). The zero-order valence-electron chi connectivity index (χ0n) is 13.6. The van der Waals surface area contributed by atoms with Crippen LogP contribution in [0.15, 0.2) is 53.5 Å². The fourth-order valence-electron chi connectivity index (χ4n) is 2.95. The Morgan fingerprint density at radius 2 is 1.88 bits per heavy atom. The van der Waals surface area contributed by atoms with Gasteiger partial charge < -0.3 is 14.6 Å². The molecule has 5 heteroatoms. The fraction of sp³-hybridized carbons (Fsp3) is 0.368.